The van der Waals surface area contributed by atoms with Crippen LogP contribution in [0.25, 0.3) is 0 Å². The molecule has 0 aliphatic carbocycles. The monoisotopic (exact) mass is 215 g/mol. The van der Waals surface area contributed by atoms with Crippen molar-refractivity contribution < 1.29 is 0 Å². The molecular weight excluding hydrogens is 202 g/mol. The molecule has 4 heteroatoms. The van der Waals surface area contributed by atoms with Gasteiger partial charge in [0.25, 0.3) is 0 Å². The minimum Gasteiger partial charge on any atom is -0.278 e. The number of aromatic amines is 1. The van der Waals surface area contributed by atoms with Gasteiger partial charge in [0.1, 0.15) is 5.82 Å². The van der Waals surface area contributed by atoms with Crippen LogP contribution in [0.5, 0.6) is 0 Å². The minimum absolute atomic E-state index is 0.0874. The number of benzene rings is 1. The van der Waals surface area contributed by atoms with Crippen molar-refractivity contribution in [1.82, 2.24) is 14.8 Å². The van der Waals surface area contributed by atoms with Crippen LogP contribution in [0.3, 0.4) is 0 Å². The van der Waals surface area contributed by atoms with Crippen LogP contribution in [-0.4, -0.2) is 14.8 Å². The van der Waals surface area contributed by atoms with E-state index in [9.17, 15) is 4.79 Å². The molecule has 1 aliphatic heterocycles. The van der Waals surface area contributed by atoms with Crippen molar-refractivity contribution in [2.45, 2.75) is 25.3 Å². The van der Waals surface area contributed by atoms with Gasteiger partial charge in [0.2, 0.25) is 0 Å². The number of hydrogen-bond acceptors (Lipinski definition) is 2. The van der Waals surface area contributed by atoms with Crippen LogP contribution in [0.1, 0.15) is 23.7 Å². The molecular formula is C12H13N3O. The molecule has 0 saturated carbocycles. The largest absolute Gasteiger partial charge is 0.343 e. The molecule has 16 heavy (non-hydrogen) atoms. The summed E-state index contributed by atoms with van der Waals surface area (Å²) >= 11 is 0. The average molecular weight is 215 g/mol. The van der Waals surface area contributed by atoms with Crippen molar-refractivity contribution in [2.75, 3.05) is 0 Å². The van der Waals surface area contributed by atoms with Crippen LogP contribution < -0.4 is 5.69 Å². The van der Waals surface area contributed by atoms with Gasteiger partial charge in [-0.3, -0.25) is 4.57 Å². The second-order valence-corrected chi connectivity index (χ2v) is 4.20. The quantitative estimate of drug-likeness (QED) is 0.779. The Labute approximate surface area is 92.9 Å². The molecule has 0 saturated heterocycles. The molecule has 0 spiro atoms. The lowest BCUT2D eigenvalue weighted by Gasteiger charge is -2.22. The second-order valence-electron chi connectivity index (χ2n) is 4.20. The molecule has 0 radical (unpaired) electrons. The van der Waals surface area contributed by atoms with Crippen LogP contribution in [-0.2, 0) is 13.0 Å². The number of aryl methyl sites for hydroxylation is 1. The van der Waals surface area contributed by atoms with Crippen molar-refractivity contribution in [3.8, 4) is 0 Å². The van der Waals surface area contributed by atoms with Gasteiger partial charge >= 0.3 is 5.69 Å². The fourth-order valence-corrected chi connectivity index (χ4v) is 2.34. The van der Waals surface area contributed by atoms with Gasteiger partial charge in [-0.15, -0.1) is 0 Å². The fourth-order valence-electron chi connectivity index (χ4n) is 2.34. The Morgan fingerprint density at radius 1 is 1.31 bits per heavy atom. The standard InChI is InChI=1S/C12H13N3O/c16-12-14-13-11-7-6-10(8-15(11)12)9-4-2-1-3-5-9/h1-5,10H,6-8H2,(H,14,16). The predicted molar refractivity (Wildman–Crippen MR) is 60.4 cm³/mol. The smallest absolute Gasteiger partial charge is 0.278 e. The normalized spacial score (nSPS) is 19.4. The Bertz CT molecular complexity index is 541. The lowest BCUT2D eigenvalue weighted by atomic mass is 9.92. The van der Waals surface area contributed by atoms with E-state index in [0.717, 1.165) is 25.2 Å². The maximum absolute atomic E-state index is 11.5. The molecule has 82 valence electrons. The molecule has 3 rings (SSSR count). The minimum atomic E-state index is -0.0874. The number of H-pyrrole nitrogens is 1. The molecule has 1 aromatic heterocycles. The third-order valence-corrected chi connectivity index (χ3v) is 3.23. The molecule has 1 unspecified atom stereocenters. The van der Waals surface area contributed by atoms with E-state index >= 15 is 0 Å². The van der Waals surface area contributed by atoms with E-state index in [-0.39, 0.29) is 5.69 Å². The Morgan fingerprint density at radius 3 is 2.94 bits per heavy atom. The number of fused-ring (bicyclic) bond motifs is 1. The third-order valence-electron chi connectivity index (χ3n) is 3.23. The van der Waals surface area contributed by atoms with Crippen molar-refractivity contribution in [3.05, 3.63) is 52.2 Å². The lowest BCUT2D eigenvalue weighted by molar-refractivity contribution is 0.449. The second kappa shape index (κ2) is 3.63. The van der Waals surface area contributed by atoms with E-state index in [4.69, 9.17) is 0 Å². The Kier molecular flexibility index (Phi) is 2.13. The number of aromatic nitrogens is 3. The first kappa shape index (κ1) is 9.39. The van der Waals surface area contributed by atoms with Crippen LogP contribution in [0.4, 0.5) is 0 Å². The summed E-state index contributed by atoms with van der Waals surface area (Å²) in [7, 11) is 0. The zero-order chi connectivity index (χ0) is 11.0. The molecule has 1 atom stereocenters. The first-order valence-corrected chi connectivity index (χ1v) is 5.53. The highest BCUT2D eigenvalue weighted by Gasteiger charge is 2.22. The number of nitrogens with zero attached hydrogens (tertiary/aromatic N) is 2. The zero-order valence-corrected chi connectivity index (χ0v) is 8.89. The third kappa shape index (κ3) is 1.46. The van der Waals surface area contributed by atoms with Crippen LogP contribution in [0, 0.1) is 0 Å². The molecule has 0 amide bonds. The van der Waals surface area contributed by atoms with E-state index in [0.29, 0.717) is 5.92 Å². The molecule has 2 aromatic rings. The summed E-state index contributed by atoms with van der Waals surface area (Å²) < 4.78 is 1.75. The highest BCUT2D eigenvalue weighted by molar-refractivity contribution is 5.20. The van der Waals surface area contributed by atoms with Gasteiger partial charge in [0.15, 0.2) is 0 Å². The van der Waals surface area contributed by atoms with E-state index in [1.807, 2.05) is 18.2 Å². The maximum Gasteiger partial charge on any atom is 0.343 e. The summed E-state index contributed by atoms with van der Waals surface area (Å²) in [4.78, 5) is 11.5. The van der Waals surface area contributed by atoms with E-state index in [2.05, 4.69) is 22.3 Å². The van der Waals surface area contributed by atoms with E-state index < -0.39 is 0 Å². The molecule has 1 aliphatic rings. The maximum atomic E-state index is 11.5. The fraction of sp³-hybridized carbons (Fsp3) is 0.333. The first-order valence-electron chi connectivity index (χ1n) is 5.53. The molecule has 4 nitrogen and oxygen atoms in total. The summed E-state index contributed by atoms with van der Waals surface area (Å²) in [6.07, 6.45) is 1.94. The van der Waals surface area contributed by atoms with E-state index in [1.54, 1.807) is 4.57 Å². The molecule has 2 heterocycles. The van der Waals surface area contributed by atoms with E-state index in [1.165, 1.54) is 5.56 Å². The lowest BCUT2D eigenvalue weighted by Crippen LogP contribution is -2.26. The van der Waals surface area contributed by atoms with Gasteiger partial charge in [-0.25, -0.2) is 9.89 Å². The van der Waals surface area contributed by atoms with Crippen molar-refractivity contribution in [1.29, 1.82) is 0 Å². The summed E-state index contributed by atoms with van der Waals surface area (Å²) in [5.41, 5.74) is 1.22. The van der Waals surface area contributed by atoms with Crippen LogP contribution in [0.15, 0.2) is 35.1 Å². The van der Waals surface area contributed by atoms with Crippen molar-refractivity contribution in [2.24, 2.45) is 0 Å². The van der Waals surface area contributed by atoms with Crippen LogP contribution >= 0.6 is 0 Å². The molecule has 1 aromatic carbocycles. The highest BCUT2D eigenvalue weighted by Crippen LogP contribution is 2.26. The van der Waals surface area contributed by atoms with Crippen LogP contribution in [0.2, 0.25) is 0 Å². The predicted octanol–water partition coefficient (Wildman–Crippen LogP) is 1.30. The Morgan fingerprint density at radius 2 is 2.12 bits per heavy atom. The Hall–Kier alpha value is -1.84. The summed E-state index contributed by atoms with van der Waals surface area (Å²) in [6, 6.07) is 10.4. The highest BCUT2D eigenvalue weighted by atomic mass is 16.1. The number of rotatable bonds is 1. The van der Waals surface area contributed by atoms with Gasteiger partial charge in [-0.1, -0.05) is 30.3 Å². The summed E-state index contributed by atoms with van der Waals surface area (Å²) in [5.74, 6) is 1.32. The summed E-state index contributed by atoms with van der Waals surface area (Å²) in [5, 5.41) is 6.52. The average Bonchev–Trinajstić information content (AvgIpc) is 2.72. The van der Waals surface area contributed by atoms with Gasteiger partial charge < -0.3 is 0 Å². The van der Waals surface area contributed by atoms with Gasteiger partial charge in [-0.05, 0) is 12.0 Å². The van der Waals surface area contributed by atoms with Gasteiger partial charge in [-0.2, -0.15) is 5.10 Å². The molecule has 0 fully saturated rings. The summed E-state index contributed by atoms with van der Waals surface area (Å²) in [6.45, 7) is 0.745. The van der Waals surface area contributed by atoms with Crippen molar-refractivity contribution in [3.63, 3.8) is 0 Å². The van der Waals surface area contributed by atoms with Gasteiger partial charge in [0.05, 0.1) is 0 Å². The molecule has 0 bridgehead atoms. The topological polar surface area (TPSA) is 50.7 Å². The number of hydrogen-bond donors (Lipinski definition) is 1. The first-order chi connectivity index (χ1) is 7.84. The van der Waals surface area contributed by atoms with Crippen molar-refractivity contribution >= 4 is 0 Å². The zero-order valence-electron chi connectivity index (χ0n) is 8.89. The molecule has 1 N–H and O–H groups in total. The van der Waals surface area contributed by atoms with Gasteiger partial charge in [0, 0.05) is 18.9 Å². The number of nitrogens with one attached hydrogen (secondary N) is 1. The Balaban J connectivity index is 1.93. The SMILES string of the molecule is O=c1[nH]nc2n1CC(c1ccccc1)CC2.